The molecule has 2 rings (SSSR count). The molecule has 1 unspecified atom stereocenters. The number of nitrogens with zero attached hydrogens (tertiary/aromatic N) is 1. The van der Waals surface area contributed by atoms with E-state index in [0.717, 1.165) is 0 Å². The van der Waals surface area contributed by atoms with Gasteiger partial charge in [0.15, 0.2) is 0 Å². The molecule has 0 saturated carbocycles. The highest BCUT2D eigenvalue weighted by Gasteiger charge is 2.28. The molecule has 1 aliphatic heterocycles. The van der Waals surface area contributed by atoms with Crippen LogP contribution in [0.25, 0.3) is 0 Å². The van der Waals surface area contributed by atoms with Gasteiger partial charge in [-0.15, -0.1) is 0 Å². The smallest absolute Gasteiger partial charge is 0.321 e. The van der Waals surface area contributed by atoms with E-state index in [-0.39, 0.29) is 18.8 Å². The van der Waals surface area contributed by atoms with Gasteiger partial charge in [0.1, 0.15) is 18.2 Å². The van der Waals surface area contributed by atoms with Gasteiger partial charge in [0, 0.05) is 26.3 Å². The average Bonchev–Trinajstić information content (AvgIpc) is 2.57. The van der Waals surface area contributed by atoms with Crippen molar-refractivity contribution in [2.75, 3.05) is 38.7 Å². The van der Waals surface area contributed by atoms with Crippen LogP contribution < -0.4 is 10.1 Å². The number of methoxy groups -OCH3 is 1. The van der Waals surface area contributed by atoms with Gasteiger partial charge in [-0.1, -0.05) is 0 Å². The van der Waals surface area contributed by atoms with Gasteiger partial charge in [-0.25, -0.2) is 9.18 Å². The number of nitrogens with one attached hydrogen (secondary N) is 1. The normalized spacial score (nSPS) is 17.4. The highest BCUT2D eigenvalue weighted by Crippen LogP contribution is 2.26. The summed E-state index contributed by atoms with van der Waals surface area (Å²) in [5.74, 6) is -1.67. The van der Waals surface area contributed by atoms with Gasteiger partial charge in [-0.05, 0) is 25.0 Å². The molecule has 2 amide bonds. The minimum absolute atomic E-state index is 0.135. The Morgan fingerprint density at radius 1 is 1.42 bits per heavy atom. The number of piperidine rings is 1. The van der Waals surface area contributed by atoms with Crippen molar-refractivity contribution >= 4 is 17.7 Å². The topological polar surface area (TPSA) is 88.1 Å². The Morgan fingerprint density at radius 3 is 2.92 bits per heavy atom. The van der Waals surface area contributed by atoms with Crippen molar-refractivity contribution in [2.24, 2.45) is 5.92 Å². The maximum Gasteiger partial charge on any atom is 0.321 e. The molecule has 7 nitrogen and oxygen atoms in total. The molecule has 0 spiro atoms. The molecular weight excluding hydrogens is 319 g/mol. The van der Waals surface area contributed by atoms with Crippen LogP contribution in [-0.4, -0.2) is 55.4 Å². The summed E-state index contributed by atoms with van der Waals surface area (Å²) in [5.41, 5.74) is 0.202. The third kappa shape index (κ3) is 4.82. The number of carboxylic acid groups (broad SMARTS) is 1. The molecule has 0 aliphatic carbocycles. The Kier molecular flexibility index (Phi) is 6.36. The van der Waals surface area contributed by atoms with E-state index in [1.807, 2.05) is 0 Å². The lowest BCUT2D eigenvalue weighted by atomic mass is 9.99. The fraction of sp³-hybridized carbons (Fsp3) is 0.500. The van der Waals surface area contributed by atoms with Gasteiger partial charge < -0.3 is 24.8 Å². The van der Waals surface area contributed by atoms with Crippen LogP contribution in [0.3, 0.4) is 0 Å². The predicted molar refractivity (Wildman–Crippen MR) is 84.7 cm³/mol. The standard InChI is InChI=1S/C16H21FN2O5/c1-23-7-8-24-14-5-4-12(17)9-13(14)18-16(22)19-6-2-3-11(10-19)15(20)21/h4-5,9,11H,2-3,6-8,10H2,1H3,(H,18,22)(H,20,21). The van der Waals surface area contributed by atoms with E-state index >= 15 is 0 Å². The first kappa shape index (κ1) is 18.0. The van der Waals surface area contributed by atoms with E-state index in [1.54, 1.807) is 0 Å². The zero-order chi connectivity index (χ0) is 17.5. The molecule has 24 heavy (non-hydrogen) atoms. The van der Waals surface area contributed by atoms with Gasteiger partial charge in [-0.2, -0.15) is 0 Å². The molecule has 132 valence electrons. The van der Waals surface area contributed by atoms with E-state index < -0.39 is 23.7 Å². The molecule has 1 aliphatic rings. The van der Waals surface area contributed by atoms with Gasteiger partial charge in [-0.3, -0.25) is 4.79 Å². The van der Waals surface area contributed by atoms with E-state index in [9.17, 15) is 14.0 Å². The van der Waals surface area contributed by atoms with Crippen molar-refractivity contribution in [3.05, 3.63) is 24.0 Å². The van der Waals surface area contributed by atoms with Crippen molar-refractivity contribution in [3.63, 3.8) is 0 Å². The lowest BCUT2D eigenvalue weighted by molar-refractivity contribution is -0.143. The summed E-state index contributed by atoms with van der Waals surface area (Å²) in [6.07, 6.45) is 1.16. The van der Waals surface area contributed by atoms with Crippen LogP contribution in [0.1, 0.15) is 12.8 Å². The molecule has 1 fully saturated rings. The maximum atomic E-state index is 13.5. The van der Waals surface area contributed by atoms with E-state index in [4.69, 9.17) is 14.6 Å². The molecule has 1 heterocycles. The zero-order valence-electron chi connectivity index (χ0n) is 13.5. The van der Waals surface area contributed by atoms with Crippen LogP contribution in [-0.2, 0) is 9.53 Å². The molecular formula is C16H21FN2O5. The van der Waals surface area contributed by atoms with Crippen LogP contribution in [0.2, 0.25) is 0 Å². The van der Waals surface area contributed by atoms with E-state index in [0.29, 0.717) is 31.7 Å². The van der Waals surface area contributed by atoms with Crippen molar-refractivity contribution in [2.45, 2.75) is 12.8 Å². The number of urea groups is 1. The predicted octanol–water partition coefficient (Wildman–Crippen LogP) is 2.18. The summed E-state index contributed by atoms with van der Waals surface area (Å²) in [7, 11) is 1.53. The molecule has 0 bridgehead atoms. The number of carboxylic acids is 1. The zero-order valence-corrected chi connectivity index (χ0v) is 13.5. The van der Waals surface area contributed by atoms with Gasteiger partial charge in [0.05, 0.1) is 18.2 Å². The average molecular weight is 340 g/mol. The van der Waals surface area contributed by atoms with Crippen LogP contribution in [0.4, 0.5) is 14.9 Å². The first-order chi connectivity index (χ1) is 11.5. The largest absolute Gasteiger partial charge is 0.489 e. The van der Waals surface area contributed by atoms with Crippen molar-refractivity contribution in [3.8, 4) is 5.75 Å². The first-order valence-corrected chi connectivity index (χ1v) is 7.71. The Labute approximate surface area is 139 Å². The number of hydrogen-bond acceptors (Lipinski definition) is 4. The Morgan fingerprint density at radius 2 is 2.21 bits per heavy atom. The van der Waals surface area contributed by atoms with Crippen molar-refractivity contribution in [1.29, 1.82) is 0 Å². The summed E-state index contributed by atoms with van der Waals surface area (Å²) < 4.78 is 23.8. The number of amides is 2. The van der Waals surface area contributed by atoms with Crippen molar-refractivity contribution in [1.82, 2.24) is 4.90 Å². The number of benzene rings is 1. The highest BCUT2D eigenvalue weighted by molar-refractivity contribution is 5.91. The second kappa shape index (κ2) is 8.49. The number of carbonyl (C=O) groups is 2. The number of aliphatic carboxylic acids is 1. The molecule has 1 aromatic rings. The van der Waals surface area contributed by atoms with Crippen LogP contribution in [0, 0.1) is 11.7 Å². The molecule has 1 saturated heterocycles. The number of likely N-dealkylation sites (tertiary alicyclic amines) is 1. The number of anilines is 1. The van der Waals surface area contributed by atoms with Crippen LogP contribution in [0.5, 0.6) is 5.75 Å². The molecule has 2 N–H and O–H groups in total. The minimum atomic E-state index is -0.915. The fourth-order valence-electron chi connectivity index (χ4n) is 2.52. The monoisotopic (exact) mass is 340 g/mol. The quantitative estimate of drug-likeness (QED) is 0.775. The number of ether oxygens (including phenoxy) is 2. The second-order valence-electron chi connectivity index (χ2n) is 5.54. The third-order valence-electron chi connectivity index (χ3n) is 3.79. The summed E-state index contributed by atoms with van der Waals surface area (Å²) in [5, 5.41) is 11.7. The van der Waals surface area contributed by atoms with Crippen molar-refractivity contribution < 1.29 is 28.6 Å². The van der Waals surface area contributed by atoms with E-state index in [2.05, 4.69) is 5.32 Å². The van der Waals surface area contributed by atoms with Gasteiger partial charge in [0.2, 0.25) is 0 Å². The summed E-state index contributed by atoms with van der Waals surface area (Å²) in [6.45, 7) is 1.22. The molecule has 0 aromatic heterocycles. The lowest BCUT2D eigenvalue weighted by Crippen LogP contribution is -2.44. The Hall–Kier alpha value is -2.35. The van der Waals surface area contributed by atoms with Crippen LogP contribution >= 0.6 is 0 Å². The summed E-state index contributed by atoms with van der Waals surface area (Å²) in [4.78, 5) is 24.9. The van der Waals surface area contributed by atoms with Gasteiger partial charge in [0.25, 0.3) is 0 Å². The molecule has 0 radical (unpaired) electrons. The molecule has 1 atom stereocenters. The van der Waals surface area contributed by atoms with Crippen LogP contribution in [0.15, 0.2) is 18.2 Å². The highest BCUT2D eigenvalue weighted by atomic mass is 19.1. The Balaban J connectivity index is 2.04. The Bertz CT molecular complexity index is 596. The number of hydrogen-bond donors (Lipinski definition) is 2. The maximum absolute atomic E-state index is 13.5. The number of halogens is 1. The minimum Gasteiger partial charge on any atom is -0.489 e. The fourth-order valence-corrected chi connectivity index (χ4v) is 2.52. The first-order valence-electron chi connectivity index (χ1n) is 7.71. The molecule has 8 heteroatoms. The van der Waals surface area contributed by atoms with Gasteiger partial charge >= 0.3 is 12.0 Å². The number of rotatable bonds is 6. The SMILES string of the molecule is COCCOc1ccc(F)cc1NC(=O)N1CCCC(C(=O)O)C1. The second-order valence-corrected chi connectivity index (χ2v) is 5.54. The summed E-state index contributed by atoms with van der Waals surface area (Å²) in [6, 6.07) is 3.36. The number of carbonyl (C=O) groups excluding carboxylic acids is 1. The lowest BCUT2D eigenvalue weighted by Gasteiger charge is -2.30. The molecule has 1 aromatic carbocycles. The summed E-state index contributed by atoms with van der Waals surface area (Å²) >= 11 is 0. The third-order valence-corrected chi connectivity index (χ3v) is 3.79. The van der Waals surface area contributed by atoms with E-state index in [1.165, 1.54) is 30.2 Å².